The zero-order chi connectivity index (χ0) is 18.5. The average molecular weight is 388 g/mol. The van der Waals surface area contributed by atoms with Crippen LogP contribution in [0, 0.1) is 10.1 Å². The molecule has 0 spiro atoms. The van der Waals surface area contributed by atoms with Crippen molar-refractivity contribution in [3.63, 3.8) is 0 Å². The number of halogens is 1. The second kappa shape index (κ2) is 8.07. The summed E-state index contributed by atoms with van der Waals surface area (Å²) in [6, 6.07) is 13.3. The van der Waals surface area contributed by atoms with E-state index in [4.69, 9.17) is 11.6 Å². The molecule has 0 atom stereocenters. The van der Waals surface area contributed by atoms with Gasteiger partial charge in [0.05, 0.1) is 22.0 Å². The van der Waals surface area contributed by atoms with Crippen LogP contribution in [0.1, 0.15) is 16.3 Å². The van der Waals surface area contributed by atoms with Gasteiger partial charge in [-0.15, -0.1) is 11.3 Å². The van der Waals surface area contributed by atoms with E-state index >= 15 is 0 Å². The van der Waals surface area contributed by atoms with Crippen molar-refractivity contribution < 1.29 is 9.72 Å². The Labute approximate surface area is 158 Å². The number of amides is 1. The van der Waals surface area contributed by atoms with E-state index in [0.29, 0.717) is 22.8 Å². The highest BCUT2D eigenvalue weighted by atomic mass is 35.5. The van der Waals surface area contributed by atoms with Gasteiger partial charge in [-0.3, -0.25) is 14.9 Å². The van der Waals surface area contributed by atoms with E-state index in [0.717, 1.165) is 10.6 Å². The highest BCUT2D eigenvalue weighted by molar-refractivity contribution is 7.09. The Kier molecular flexibility index (Phi) is 5.60. The number of hydrogen-bond donors (Lipinski definition) is 1. The van der Waals surface area contributed by atoms with Crippen LogP contribution in [0.4, 0.5) is 11.4 Å². The van der Waals surface area contributed by atoms with E-state index in [9.17, 15) is 14.9 Å². The molecule has 0 saturated carbocycles. The van der Waals surface area contributed by atoms with Gasteiger partial charge in [0.1, 0.15) is 0 Å². The van der Waals surface area contributed by atoms with Gasteiger partial charge in [0.25, 0.3) is 5.69 Å². The predicted molar refractivity (Wildman–Crippen MR) is 102 cm³/mol. The number of aromatic nitrogens is 1. The fourth-order valence-corrected chi connectivity index (χ4v) is 3.41. The Bertz CT molecular complexity index is 941. The second-order valence-electron chi connectivity index (χ2n) is 5.57. The van der Waals surface area contributed by atoms with Crippen LogP contribution >= 0.6 is 22.9 Å². The molecule has 0 radical (unpaired) electrons. The maximum Gasteiger partial charge on any atom is 0.269 e. The van der Waals surface area contributed by atoms with Gasteiger partial charge in [0.15, 0.2) is 0 Å². The normalized spacial score (nSPS) is 10.5. The summed E-state index contributed by atoms with van der Waals surface area (Å²) in [7, 11) is 0. The molecule has 26 heavy (non-hydrogen) atoms. The number of hydrogen-bond acceptors (Lipinski definition) is 5. The van der Waals surface area contributed by atoms with E-state index in [-0.39, 0.29) is 18.0 Å². The third kappa shape index (κ3) is 4.87. The number of thiazole rings is 1. The Balaban J connectivity index is 1.58. The molecular formula is C18H14ClN3O3S. The van der Waals surface area contributed by atoms with Gasteiger partial charge < -0.3 is 5.32 Å². The lowest BCUT2D eigenvalue weighted by atomic mass is 10.2. The minimum atomic E-state index is -0.484. The second-order valence-corrected chi connectivity index (χ2v) is 6.95. The van der Waals surface area contributed by atoms with Crippen LogP contribution in [0.15, 0.2) is 53.9 Å². The minimum Gasteiger partial charge on any atom is -0.326 e. The first-order valence-corrected chi connectivity index (χ1v) is 8.97. The highest BCUT2D eigenvalue weighted by Crippen LogP contribution is 2.19. The van der Waals surface area contributed by atoms with Gasteiger partial charge in [0.2, 0.25) is 5.91 Å². The lowest BCUT2D eigenvalue weighted by Gasteiger charge is -2.03. The molecule has 0 aliphatic carbocycles. The summed E-state index contributed by atoms with van der Waals surface area (Å²) in [5.41, 5.74) is 2.24. The first-order valence-electron chi connectivity index (χ1n) is 7.71. The van der Waals surface area contributed by atoms with Crippen molar-refractivity contribution in [2.45, 2.75) is 12.8 Å². The molecule has 3 aromatic rings. The zero-order valence-electron chi connectivity index (χ0n) is 13.5. The number of anilines is 1. The van der Waals surface area contributed by atoms with Crippen molar-refractivity contribution in [2.24, 2.45) is 0 Å². The molecule has 1 heterocycles. The lowest BCUT2D eigenvalue weighted by Crippen LogP contribution is -2.14. The van der Waals surface area contributed by atoms with Crippen molar-refractivity contribution in [2.75, 3.05) is 5.32 Å². The Morgan fingerprint density at radius 3 is 2.69 bits per heavy atom. The predicted octanol–water partition coefficient (Wildman–Crippen LogP) is 4.48. The summed E-state index contributed by atoms with van der Waals surface area (Å²) in [5.74, 6) is -0.224. The van der Waals surface area contributed by atoms with Gasteiger partial charge >= 0.3 is 0 Å². The van der Waals surface area contributed by atoms with Crippen LogP contribution in [0.5, 0.6) is 0 Å². The van der Waals surface area contributed by atoms with Crippen LogP contribution in [-0.2, 0) is 17.6 Å². The van der Waals surface area contributed by atoms with Crippen molar-refractivity contribution in [1.29, 1.82) is 0 Å². The van der Waals surface area contributed by atoms with Crippen LogP contribution < -0.4 is 5.32 Å². The number of nitro groups is 1. The maximum atomic E-state index is 12.1. The molecule has 1 N–H and O–H groups in total. The topological polar surface area (TPSA) is 85.1 Å². The van der Waals surface area contributed by atoms with E-state index in [1.54, 1.807) is 0 Å². The number of nitro benzene ring substituents is 1. The summed E-state index contributed by atoms with van der Waals surface area (Å²) < 4.78 is 0. The molecule has 0 saturated heterocycles. The van der Waals surface area contributed by atoms with Crippen LogP contribution in [0.3, 0.4) is 0 Å². The monoisotopic (exact) mass is 387 g/mol. The van der Waals surface area contributed by atoms with E-state index in [1.165, 1.54) is 35.6 Å². The molecule has 0 aliphatic rings. The van der Waals surface area contributed by atoms with Crippen molar-refractivity contribution in [3.8, 4) is 0 Å². The zero-order valence-corrected chi connectivity index (χ0v) is 15.1. The number of benzene rings is 2. The number of nitrogens with one attached hydrogen (secondary N) is 1. The summed E-state index contributed by atoms with van der Waals surface area (Å²) in [5, 5.41) is 16.8. The Morgan fingerprint density at radius 2 is 2.00 bits per heavy atom. The molecule has 132 valence electrons. The average Bonchev–Trinajstić information content (AvgIpc) is 3.02. The molecule has 3 rings (SSSR count). The number of nitrogens with zero attached hydrogens (tertiary/aromatic N) is 2. The summed E-state index contributed by atoms with van der Waals surface area (Å²) in [6.45, 7) is 0. The van der Waals surface area contributed by atoms with Gasteiger partial charge in [-0.25, -0.2) is 4.98 Å². The molecule has 0 bridgehead atoms. The molecule has 6 nitrogen and oxygen atoms in total. The van der Waals surface area contributed by atoms with Crippen molar-refractivity contribution in [1.82, 2.24) is 4.98 Å². The van der Waals surface area contributed by atoms with E-state index in [1.807, 2.05) is 29.6 Å². The van der Waals surface area contributed by atoms with Crippen molar-refractivity contribution in [3.05, 3.63) is 85.3 Å². The third-order valence-electron chi connectivity index (χ3n) is 3.55. The smallest absolute Gasteiger partial charge is 0.269 e. The number of rotatable bonds is 6. The van der Waals surface area contributed by atoms with Crippen molar-refractivity contribution >= 4 is 40.2 Å². The largest absolute Gasteiger partial charge is 0.326 e. The molecule has 0 unspecified atom stereocenters. The van der Waals surface area contributed by atoms with Crippen LogP contribution in [0.25, 0.3) is 0 Å². The molecule has 1 aromatic heterocycles. The van der Waals surface area contributed by atoms with Gasteiger partial charge in [0, 0.05) is 34.6 Å². The standard InChI is InChI=1S/C18H14ClN3O3S/c19-13-3-1-2-12(8-13)9-18-21-15(11-26-18)10-17(23)20-14-4-6-16(7-5-14)22(24)25/h1-8,11H,9-10H2,(H,20,23). The number of carbonyl (C=O) groups excluding carboxylic acids is 1. The summed E-state index contributed by atoms with van der Waals surface area (Å²) >= 11 is 7.48. The fraction of sp³-hybridized carbons (Fsp3) is 0.111. The first kappa shape index (κ1) is 18.0. The van der Waals surface area contributed by atoms with Gasteiger partial charge in [-0.2, -0.15) is 0 Å². The SMILES string of the molecule is O=C(Cc1csc(Cc2cccc(Cl)c2)n1)Nc1ccc([N+](=O)[O-])cc1. The van der Waals surface area contributed by atoms with Crippen LogP contribution in [-0.4, -0.2) is 15.8 Å². The molecular weight excluding hydrogens is 374 g/mol. The van der Waals surface area contributed by atoms with E-state index < -0.39 is 4.92 Å². The molecule has 0 fully saturated rings. The molecule has 0 aliphatic heterocycles. The summed E-state index contributed by atoms with van der Waals surface area (Å²) in [4.78, 5) is 26.7. The Hall–Kier alpha value is -2.77. The van der Waals surface area contributed by atoms with Gasteiger partial charge in [-0.1, -0.05) is 23.7 Å². The molecule has 1 amide bonds. The number of carbonyl (C=O) groups is 1. The third-order valence-corrected chi connectivity index (χ3v) is 4.68. The van der Waals surface area contributed by atoms with Crippen LogP contribution in [0.2, 0.25) is 5.02 Å². The molecule has 8 heteroatoms. The molecule has 2 aromatic carbocycles. The quantitative estimate of drug-likeness (QED) is 0.499. The van der Waals surface area contributed by atoms with E-state index in [2.05, 4.69) is 10.3 Å². The van der Waals surface area contributed by atoms with Gasteiger partial charge in [-0.05, 0) is 29.8 Å². The first-order chi connectivity index (χ1) is 12.5. The fourth-order valence-electron chi connectivity index (χ4n) is 2.37. The Morgan fingerprint density at radius 1 is 1.23 bits per heavy atom. The highest BCUT2D eigenvalue weighted by Gasteiger charge is 2.10. The maximum absolute atomic E-state index is 12.1. The number of non-ortho nitro benzene ring substituents is 1. The lowest BCUT2D eigenvalue weighted by molar-refractivity contribution is -0.384. The minimum absolute atomic E-state index is 0.0202. The summed E-state index contributed by atoms with van der Waals surface area (Å²) in [6.07, 6.45) is 0.804.